The zero-order valence-corrected chi connectivity index (χ0v) is 37.2. The van der Waals surface area contributed by atoms with Gasteiger partial charge in [-0.25, -0.2) is 19.6 Å². The number of aromatic amines is 2. The van der Waals surface area contributed by atoms with Gasteiger partial charge in [-0.05, 0) is 71.8 Å². The van der Waals surface area contributed by atoms with E-state index in [9.17, 15) is 19.2 Å². The van der Waals surface area contributed by atoms with Crippen LogP contribution in [-0.4, -0.2) is 81.0 Å². The Bertz CT molecular complexity index is 2450. The van der Waals surface area contributed by atoms with Crippen LogP contribution < -0.4 is 10.6 Å². The van der Waals surface area contributed by atoms with Crippen molar-refractivity contribution in [2.75, 3.05) is 27.3 Å². The maximum absolute atomic E-state index is 13.9. The highest BCUT2D eigenvalue weighted by Crippen LogP contribution is 2.45. The predicted molar refractivity (Wildman–Crippen MR) is 243 cm³/mol. The van der Waals surface area contributed by atoms with Crippen molar-refractivity contribution in [2.24, 2.45) is 0 Å². The van der Waals surface area contributed by atoms with Gasteiger partial charge in [0.05, 0.1) is 60.8 Å². The summed E-state index contributed by atoms with van der Waals surface area (Å²) in [6.07, 6.45) is 3.69. The van der Waals surface area contributed by atoms with E-state index in [0.29, 0.717) is 35.9 Å². The second kappa shape index (κ2) is 19.5. The topological polar surface area (TPSA) is 175 Å². The van der Waals surface area contributed by atoms with Crippen LogP contribution >= 0.6 is 22.7 Å². The summed E-state index contributed by atoms with van der Waals surface area (Å²) in [7, 11) is 2.55. The molecule has 4 amide bonds. The maximum atomic E-state index is 13.9. The molecule has 4 heterocycles. The minimum Gasteiger partial charge on any atom is -0.453 e. The first-order valence-electron chi connectivity index (χ1n) is 20.4. The Balaban J connectivity index is 1.10. The lowest BCUT2D eigenvalue weighted by Crippen LogP contribution is -2.43. The number of imidazole rings is 2. The van der Waals surface area contributed by atoms with E-state index in [4.69, 9.17) is 9.47 Å². The molecule has 0 fully saturated rings. The second-order valence-electron chi connectivity index (χ2n) is 14.9. The first-order valence-corrected chi connectivity index (χ1v) is 22.1. The summed E-state index contributed by atoms with van der Waals surface area (Å²) in [6.45, 7) is 9.74. The average Bonchev–Trinajstić information content (AvgIpc) is 4.13. The maximum Gasteiger partial charge on any atom is 0.407 e. The van der Waals surface area contributed by atoms with Crippen LogP contribution in [0.3, 0.4) is 0 Å². The zero-order chi connectivity index (χ0) is 43.9. The highest BCUT2D eigenvalue weighted by atomic mass is 32.1. The number of nitrogens with one attached hydrogen (secondary N) is 4. The standard InChI is InChI=1S/C46H50N8O6S2/c1-7-19-53(43(55)39(51-45(57)59-5)29-15-11-9-12-16-29)25-37-47-23-33(49-37)35-21-31-27(3)42-32(28(4)41(31)61-35)22-36(62-42)34-24-48-38(50-34)26-54(20-8-2)44(56)40(52-46(58)60-6)30-17-13-10-14-18-30/h9-18,21-24,39-40H,7-8,19-20,25-26H2,1-6H3,(H,47,49)(H,48,50)(H,51,57)(H,52,58). The smallest absolute Gasteiger partial charge is 0.407 e. The number of rotatable bonds is 16. The molecule has 4 aromatic heterocycles. The Labute approximate surface area is 367 Å². The van der Waals surface area contributed by atoms with E-state index in [1.807, 2.05) is 86.9 Å². The molecule has 62 heavy (non-hydrogen) atoms. The van der Waals surface area contributed by atoms with Crippen LogP contribution in [0.5, 0.6) is 0 Å². The molecule has 0 aliphatic heterocycles. The molecule has 2 unspecified atom stereocenters. The molecule has 0 spiro atoms. The number of alkyl carbamates (subject to hydrolysis) is 2. The second-order valence-corrected chi connectivity index (χ2v) is 17.0. The number of aryl methyl sites for hydroxylation is 2. The quantitative estimate of drug-likeness (QED) is 0.0744. The van der Waals surface area contributed by atoms with Crippen LogP contribution in [0.1, 0.15) is 72.7 Å². The molecule has 4 N–H and O–H groups in total. The van der Waals surface area contributed by atoms with Gasteiger partial charge in [-0.3, -0.25) is 9.59 Å². The van der Waals surface area contributed by atoms with Gasteiger partial charge >= 0.3 is 12.2 Å². The molecule has 0 aliphatic rings. The van der Waals surface area contributed by atoms with E-state index in [-0.39, 0.29) is 24.9 Å². The number of amides is 4. The number of hydrogen-bond acceptors (Lipinski definition) is 10. The molecule has 322 valence electrons. The van der Waals surface area contributed by atoms with E-state index in [1.165, 1.54) is 34.7 Å². The van der Waals surface area contributed by atoms with Gasteiger partial charge in [0.25, 0.3) is 0 Å². The lowest BCUT2D eigenvalue weighted by Gasteiger charge is -2.27. The van der Waals surface area contributed by atoms with E-state index < -0.39 is 24.3 Å². The Hall–Kier alpha value is -6.52. The Morgan fingerprint density at radius 3 is 1.39 bits per heavy atom. The predicted octanol–water partition coefficient (Wildman–Crippen LogP) is 9.18. The molecule has 0 aliphatic carbocycles. The van der Waals surface area contributed by atoms with Gasteiger partial charge in [0, 0.05) is 22.5 Å². The van der Waals surface area contributed by atoms with Gasteiger partial charge in [-0.1, -0.05) is 74.5 Å². The number of thiophene rings is 2. The number of benzene rings is 3. The van der Waals surface area contributed by atoms with Crippen LogP contribution in [0.4, 0.5) is 9.59 Å². The molecular formula is C46H50N8O6S2. The van der Waals surface area contributed by atoms with E-state index in [2.05, 4.69) is 56.5 Å². The van der Waals surface area contributed by atoms with E-state index >= 15 is 0 Å². The monoisotopic (exact) mass is 874 g/mol. The number of ether oxygens (including phenoxy) is 2. The first-order chi connectivity index (χ1) is 30.0. The van der Waals surface area contributed by atoms with E-state index in [1.54, 1.807) is 32.5 Å². The highest BCUT2D eigenvalue weighted by molar-refractivity contribution is 7.24. The minimum absolute atomic E-state index is 0.239. The van der Waals surface area contributed by atoms with E-state index in [0.717, 1.165) is 44.8 Å². The van der Waals surface area contributed by atoms with Crippen LogP contribution in [0.15, 0.2) is 85.2 Å². The molecule has 3 aromatic carbocycles. The molecule has 7 rings (SSSR count). The third-order valence-corrected chi connectivity index (χ3v) is 13.3. The molecular weight excluding hydrogens is 825 g/mol. The lowest BCUT2D eigenvalue weighted by molar-refractivity contribution is -0.135. The molecule has 0 bridgehead atoms. The third-order valence-electron chi connectivity index (χ3n) is 10.7. The first kappa shape index (κ1) is 43.6. The van der Waals surface area contributed by atoms with Gasteiger partial charge in [-0.2, -0.15) is 0 Å². The number of carbonyl (C=O) groups excluding carboxylic acids is 4. The Morgan fingerprint density at radius 1 is 0.645 bits per heavy atom. The fourth-order valence-electron chi connectivity index (χ4n) is 7.56. The minimum atomic E-state index is -0.911. The number of methoxy groups -OCH3 is 2. The Morgan fingerprint density at radius 2 is 1.03 bits per heavy atom. The fraction of sp³-hybridized carbons (Fsp3) is 0.304. The van der Waals surface area contributed by atoms with Crippen molar-refractivity contribution in [1.29, 1.82) is 0 Å². The number of H-pyrrole nitrogens is 2. The summed E-state index contributed by atoms with van der Waals surface area (Å²) in [5, 5.41) is 7.73. The SMILES string of the molecule is CCCN(Cc1ncc(-c2cc3c(C)c4sc(-c5cnc(CN(CCC)C(=O)C(NC(=O)OC)c6ccccc6)[nH]5)cc4c(C)c3s2)[nH]1)C(=O)C(NC(=O)OC)c1ccccc1. The zero-order valence-electron chi connectivity index (χ0n) is 35.5. The number of nitrogens with zero attached hydrogens (tertiary/aromatic N) is 4. The normalized spacial score (nSPS) is 12.2. The molecule has 7 aromatic rings. The highest BCUT2D eigenvalue weighted by Gasteiger charge is 2.30. The van der Waals surface area contributed by atoms with Crippen molar-refractivity contribution in [2.45, 2.75) is 65.7 Å². The summed E-state index contributed by atoms with van der Waals surface area (Å²) in [6, 6.07) is 20.8. The number of aromatic nitrogens is 4. The van der Waals surface area contributed by atoms with Gasteiger partial charge in [-0.15, -0.1) is 22.7 Å². The van der Waals surface area contributed by atoms with Crippen molar-refractivity contribution < 1.29 is 28.7 Å². The summed E-state index contributed by atoms with van der Waals surface area (Å²) in [5.41, 5.74) is 5.39. The van der Waals surface area contributed by atoms with Crippen LogP contribution in [0.25, 0.3) is 41.3 Å². The molecule has 0 saturated carbocycles. The van der Waals surface area contributed by atoms with Crippen molar-refractivity contribution in [3.05, 3.63) is 119 Å². The van der Waals surface area contributed by atoms with Crippen molar-refractivity contribution in [1.82, 2.24) is 40.4 Å². The molecule has 0 saturated heterocycles. The number of hydrogen-bond donors (Lipinski definition) is 4. The van der Waals surface area contributed by atoms with Gasteiger partial charge in [0.2, 0.25) is 11.8 Å². The Kier molecular flexibility index (Phi) is 13.7. The summed E-state index contributed by atoms with van der Waals surface area (Å²) in [4.78, 5) is 74.2. The van der Waals surface area contributed by atoms with Crippen LogP contribution in [0.2, 0.25) is 0 Å². The van der Waals surface area contributed by atoms with Gasteiger partial charge in [0.1, 0.15) is 23.7 Å². The van der Waals surface area contributed by atoms with Crippen molar-refractivity contribution in [3.63, 3.8) is 0 Å². The number of carbonyl (C=O) groups is 4. The molecule has 2 atom stereocenters. The molecule has 0 radical (unpaired) electrons. The summed E-state index contributed by atoms with van der Waals surface area (Å²) < 4.78 is 12.0. The average molecular weight is 875 g/mol. The number of fused-ring (bicyclic) bond motifs is 2. The molecule has 14 nitrogen and oxygen atoms in total. The summed E-state index contributed by atoms with van der Waals surface area (Å²) in [5.74, 6) is 0.767. The fourth-order valence-corrected chi connectivity index (χ4v) is 9.95. The van der Waals surface area contributed by atoms with Crippen molar-refractivity contribution in [3.8, 4) is 21.1 Å². The largest absolute Gasteiger partial charge is 0.453 e. The van der Waals surface area contributed by atoms with Crippen LogP contribution in [-0.2, 0) is 32.2 Å². The van der Waals surface area contributed by atoms with Gasteiger partial charge < -0.3 is 39.9 Å². The summed E-state index contributed by atoms with van der Waals surface area (Å²) >= 11 is 3.39. The molecule has 16 heteroatoms. The lowest BCUT2D eigenvalue weighted by atomic mass is 10.0. The van der Waals surface area contributed by atoms with Gasteiger partial charge in [0.15, 0.2) is 0 Å². The third kappa shape index (κ3) is 9.35. The van der Waals surface area contributed by atoms with Crippen molar-refractivity contribution >= 4 is 66.8 Å². The van der Waals surface area contributed by atoms with Crippen LogP contribution in [0, 0.1) is 13.8 Å².